The van der Waals surface area contributed by atoms with Crippen LogP contribution in [0.5, 0.6) is 0 Å². The summed E-state index contributed by atoms with van der Waals surface area (Å²) in [6.07, 6.45) is 17.1. The van der Waals surface area contributed by atoms with Gasteiger partial charge in [-0.2, -0.15) is 0 Å². The van der Waals surface area contributed by atoms with Crippen LogP contribution in [0.4, 0.5) is 0 Å². The van der Waals surface area contributed by atoms with Crippen LogP contribution < -0.4 is 0 Å². The Morgan fingerprint density at radius 3 is 2.48 bits per heavy atom. The zero-order chi connectivity index (χ0) is 21.9. The predicted molar refractivity (Wildman–Crippen MR) is 128 cm³/mol. The van der Waals surface area contributed by atoms with E-state index in [0.29, 0.717) is 16.9 Å². The maximum atomic E-state index is 6.76. The van der Waals surface area contributed by atoms with Gasteiger partial charge in [-0.1, -0.05) is 66.7 Å². The van der Waals surface area contributed by atoms with E-state index in [4.69, 9.17) is 9.47 Å². The van der Waals surface area contributed by atoms with Crippen molar-refractivity contribution >= 4 is 0 Å². The third-order valence-electron chi connectivity index (χ3n) is 11.7. The van der Waals surface area contributed by atoms with Crippen LogP contribution >= 0.6 is 0 Å². The first-order chi connectivity index (χ1) is 14.8. The average Bonchev–Trinajstić information content (AvgIpc) is 3.09. The van der Waals surface area contributed by atoms with Crippen molar-refractivity contribution in [1.29, 1.82) is 0 Å². The zero-order valence-electron chi connectivity index (χ0n) is 21.3. The van der Waals surface area contributed by atoms with Crippen LogP contribution in [0.15, 0.2) is 0 Å². The molecule has 1 spiro atoms. The molecule has 1 unspecified atom stereocenters. The summed E-state index contributed by atoms with van der Waals surface area (Å²) >= 11 is 0. The summed E-state index contributed by atoms with van der Waals surface area (Å²) in [7, 11) is 0. The summed E-state index contributed by atoms with van der Waals surface area (Å²) in [6, 6.07) is 0. The molecule has 0 radical (unpaired) electrons. The van der Waals surface area contributed by atoms with E-state index in [1.54, 1.807) is 0 Å². The third-order valence-corrected chi connectivity index (χ3v) is 11.7. The van der Waals surface area contributed by atoms with Gasteiger partial charge in [-0.15, -0.1) is 0 Å². The van der Waals surface area contributed by atoms with Crippen molar-refractivity contribution in [1.82, 2.24) is 0 Å². The van der Waals surface area contributed by atoms with E-state index in [2.05, 4.69) is 34.6 Å². The fraction of sp³-hybridized carbons (Fsp3) is 1.00. The van der Waals surface area contributed by atoms with Gasteiger partial charge < -0.3 is 9.47 Å². The molecule has 178 valence electrons. The van der Waals surface area contributed by atoms with E-state index in [0.717, 1.165) is 48.7 Å². The Morgan fingerprint density at radius 2 is 1.68 bits per heavy atom. The standard InChI is InChI=1S/C29H50O2/c1-20(2)9-8-10-21(3)23-11-12-24-22-19-26-29(31-18-17-30-26)15-7-6-14-28(29,5)25(22)13-16-27(23,24)4/h20-26H,6-19H2,1-5H3/t21-,22+,23-,24+,25+,26?,27-,28-,29+/m1/s1. The Balaban J connectivity index is 1.38. The zero-order valence-corrected chi connectivity index (χ0v) is 21.3. The van der Waals surface area contributed by atoms with Crippen molar-refractivity contribution < 1.29 is 9.47 Å². The van der Waals surface area contributed by atoms with Gasteiger partial charge in [-0.25, -0.2) is 0 Å². The number of rotatable bonds is 5. The fourth-order valence-corrected chi connectivity index (χ4v) is 10.2. The lowest BCUT2D eigenvalue weighted by molar-refractivity contribution is -0.313. The largest absolute Gasteiger partial charge is 0.373 e. The molecule has 5 fully saturated rings. The molecule has 0 aromatic heterocycles. The fourth-order valence-electron chi connectivity index (χ4n) is 10.2. The quantitative estimate of drug-likeness (QED) is 0.446. The molecule has 5 aliphatic rings. The van der Waals surface area contributed by atoms with Gasteiger partial charge >= 0.3 is 0 Å². The lowest BCUT2D eigenvalue weighted by Gasteiger charge is -2.68. The molecule has 1 aliphatic heterocycles. The Labute approximate surface area is 192 Å². The number of hydrogen-bond donors (Lipinski definition) is 0. The molecule has 2 heteroatoms. The highest BCUT2D eigenvalue weighted by molar-refractivity contribution is 5.18. The molecule has 0 bridgehead atoms. The van der Waals surface area contributed by atoms with E-state index in [1.165, 1.54) is 77.0 Å². The molecule has 1 saturated heterocycles. The van der Waals surface area contributed by atoms with Gasteiger partial charge in [0.1, 0.15) is 0 Å². The Hall–Kier alpha value is -0.0800. The molecule has 9 atom stereocenters. The van der Waals surface area contributed by atoms with Gasteiger partial charge in [-0.3, -0.25) is 0 Å². The summed E-state index contributed by atoms with van der Waals surface area (Å²) in [5, 5.41) is 0. The second-order valence-corrected chi connectivity index (χ2v) is 13.4. The third kappa shape index (κ3) is 3.39. The predicted octanol–water partition coefficient (Wildman–Crippen LogP) is 7.65. The average molecular weight is 431 g/mol. The van der Waals surface area contributed by atoms with E-state index in [-0.39, 0.29) is 5.60 Å². The molecule has 2 nitrogen and oxygen atoms in total. The molecule has 4 aliphatic carbocycles. The van der Waals surface area contributed by atoms with Crippen molar-refractivity contribution in [3.05, 3.63) is 0 Å². The first-order valence-electron chi connectivity index (χ1n) is 14.1. The van der Waals surface area contributed by atoms with Gasteiger partial charge in [0.15, 0.2) is 0 Å². The summed E-state index contributed by atoms with van der Waals surface area (Å²) in [4.78, 5) is 0. The van der Waals surface area contributed by atoms with Crippen molar-refractivity contribution in [3.8, 4) is 0 Å². The Morgan fingerprint density at radius 1 is 0.871 bits per heavy atom. The van der Waals surface area contributed by atoms with Gasteiger partial charge in [-0.05, 0) is 85.9 Å². The maximum absolute atomic E-state index is 6.76. The maximum Gasteiger partial charge on any atom is 0.0999 e. The molecule has 4 saturated carbocycles. The molecule has 0 N–H and O–H groups in total. The highest BCUT2D eigenvalue weighted by Crippen LogP contribution is 2.70. The van der Waals surface area contributed by atoms with E-state index in [1.807, 2.05) is 0 Å². The van der Waals surface area contributed by atoms with Crippen LogP contribution in [0.1, 0.15) is 112 Å². The van der Waals surface area contributed by atoms with Crippen LogP contribution in [0.3, 0.4) is 0 Å². The number of ether oxygens (including phenoxy) is 2. The van der Waals surface area contributed by atoms with Gasteiger partial charge in [0.25, 0.3) is 0 Å². The summed E-state index contributed by atoms with van der Waals surface area (Å²) in [5.74, 6) is 5.35. The Bertz CT molecular complexity index is 639. The second-order valence-electron chi connectivity index (χ2n) is 13.4. The highest BCUT2D eigenvalue weighted by Gasteiger charge is 2.68. The van der Waals surface area contributed by atoms with Gasteiger partial charge in [0.05, 0.1) is 24.9 Å². The van der Waals surface area contributed by atoms with Gasteiger partial charge in [0.2, 0.25) is 0 Å². The van der Waals surface area contributed by atoms with Crippen LogP contribution in [0.25, 0.3) is 0 Å². The minimum absolute atomic E-state index is 0.0283. The summed E-state index contributed by atoms with van der Waals surface area (Å²) in [6.45, 7) is 14.3. The van der Waals surface area contributed by atoms with E-state index >= 15 is 0 Å². The normalized spacial score (nSPS) is 50.3. The SMILES string of the molecule is CC(C)CCC[C@@H](C)[C@H]1CC[C@H]2[C@@H]3CC4OCCO[C@@]45CCCC[C@]5(C)[C@H]3CC[C@]12C. The molecular formula is C29H50O2. The molecular weight excluding hydrogens is 380 g/mol. The van der Waals surface area contributed by atoms with Gasteiger partial charge in [0, 0.05) is 5.41 Å². The Kier molecular flexibility index (Phi) is 6.08. The minimum Gasteiger partial charge on any atom is -0.373 e. The van der Waals surface area contributed by atoms with Crippen LogP contribution in [0, 0.1) is 46.3 Å². The topological polar surface area (TPSA) is 18.5 Å². The first kappa shape index (κ1) is 22.7. The van der Waals surface area contributed by atoms with Crippen molar-refractivity contribution in [2.24, 2.45) is 46.3 Å². The highest BCUT2D eigenvalue weighted by atomic mass is 16.6. The monoisotopic (exact) mass is 430 g/mol. The first-order valence-corrected chi connectivity index (χ1v) is 14.1. The summed E-state index contributed by atoms with van der Waals surface area (Å²) in [5.41, 5.74) is 0.932. The second kappa shape index (κ2) is 8.30. The molecule has 0 aromatic rings. The van der Waals surface area contributed by atoms with Crippen LogP contribution in [-0.4, -0.2) is 24.9 Å². The smallest absolute Gasteiger partial charge is 0.0999 e. The van der Waals surface area contributed by atoms with Crippen molar-refractivity contribution in [3.63, 3.8) is 0 Å². The van der Waals surface area contributed by atoms with E-state index in [9.17, 15) is 0 Å². The molecule has 1 heterocycles. The van der Waals surface area contributed by atoms with Crippen LogP contribution in [0.2, 0.25) is 0 Å². The molecule has 0 aromatic carbocycles. The van der Waals surface area contributed by atoms with E-state index < -0.39 is 0 Å². The minimum atomic E-state index is 0.0283. The molecule has 31 heavy (non-hydrogen) atoms. The number of fused-ring (bicyclic) bond motifs is 4. The molecule has 5 rings (SSSR count). The van der Waals surface area contributed by atoms with Crippen molar-refractivity contribution in [2.45, 2.75) is 123 Å². The van der Waals surface area contributed by atoms with Crippen LogP contribution in [-0.2, 0) is 9.47 Å². The number of hydrogen-bond acceptors (Lipinski definition) is 2. The summed E-state index contributed by atoms with van der Waals surface area (Å²) < 4.78 is 13.3. The lowest BCUT2D eigenvalue weighted by Crippen LogP contribution is -2.70. The van der Waals surface area contributed by atoms with Crippen molar-refractivity contribution in [2.75, 3.05) is 13.2 Å². The molecule has 0 amide bonds. The lowest BCUT2D eigenvalue weighted by atomic mass is 9.42.